The van der Waals surface area contributed by atoms with Gasteiger partial charge in [0.1, 0.15) is 11.4 Å². The van der Waals surface area contributed by atoms with Crippen LogP contribution >= 0.6 is 0 Å². The summed E-state index contributed by atoms with van der Waals surface area (Å²) in [4.78, 5) is 29.6. The van der Waals surface area contributed by atoms with Crippen LogP contribution in [0, 0.1) is 0 Å². The molecule has 1 aromatic heterocycles. The number of amides is 2. The molecule has 1 saturated heterocycles. The van der Waals surface area contributed by atoms with Crippen LogP contribution in [0.3, 0.4) is 0 Å². The van der Waals surface area contributed by atoms with Crippen LogP contribution in [0.15, 0.2) is 48.5 Å². The predicted molar refractivity (Wildman–Crippen MR) is 128 cm³/mol. The Labute approximate surface area is 193 Å². The van der Waals surface area contributed by atoms with Crippen molar-refractivity contribution in [3.8, 4) is 11.4 Å². The van der Waals surface area contributed by atoms with Crippen LogP contribution in [0.5, 0.6) is 5.75 Å². The summed E-state index contributed by atoms with van der Waals surface area (Å²) in [5, 5.41) is 4.78. The topological polar surface area (TPSA) is 67.7 Å². The molecule has 1 fully saturated rings. The van der Waals surface area contributed by atoms with Gasteiger partial charge in [-0.25, -0.2) is 4.68 Å². The first-order chi connectivity index (χ1) is 16.1. The van der Waals surface area contributed by atoms with Crippen LogP contribution in [-0.4, -0.2) is 41.8 Å². The zero-order valence-corrected chi connectivity index (χ0v) is 19.1. The van der Waals surface area contributed by atoms with Gasteiger partial charge in [-0.2, -0.15) is 5.10 Å². The minimum absolute atomic E-state index is 0.0546. The number of aromatic nitrogens is 2. The fraction of sp³-hybridized carbons (Fsp3) is 0.346. The van der Waals surface area contributed by atoms with Crippen molar-refractivity contribution in [3.63, 3.8) is 0 Å². The number of nitrogens with zero attached hydrogens (tertiary/aromatic N) is 4. The van der Waals surface area contributed by atoms with E-state index in [1.165, 1.54) is 0 Å². The predicted octanol–water partition coefficient (Wildman–Crippen LogP) is 4.16. The molecule has 0 spiro atoms. The number of carbonyl (C=O) groups excluding carboxylic acids is 2. The summed E-state index contributed by atoms with van der Waals surface area (Å²) in [7, 11) is 1.63. The third kappa shape index (κ3) is 3.77. The summed E-state index contributed by atoms with van der Waals surface area (Å²) in [6.07, 6.45) is 4.12. The number of hydrogen-bond acceptors (Lipinski definition) is 4. The Morgan fingerprint density at radius 1 is 0.848 bits per heavy atom. The van der Waals surface area contributed by atoms with Crippen LogP contribution in [0.25, 0.3) is 5.69 Å². The zero-order valence-electron chi connectivity index (χ0n) is 19.1. The number of aryl methyl sites for hydroxylation is 1. The van der Waals surface area contributed by atoms with Crippen molar-refractivity contribution in [2.75, 3.05) is 30.0 Å². The standard InChI is InChI=1S/C26H28N4O3/c1-3-23-22-15-17-29(19-9-7-18(8-10-19)28-16-5-4-6-24(28)31)26(32)25(22)30(27-23)20-11-13-21(33-2)14-12-20/h7-14H,3-6,15-17H2,1-2H3. The van der Waals surface area contributed by atoms with Crippen LogP contribution in [-0.2, 0) is 17.6 Å². The van der Waals surface area contributed by atoms with Gasteiger partial charge in [0.25, 0.3) is 5.91 Å². The second-order valence-electron chi connectivity index (χ2n) is 8.46. The first-order valence-electron chi connectivity index (χ1n) is 11.6. The highest BCUT2D eigenvalue weighted by atomic mass is 16.5. The van der Waals surface area contributed by atoms with E-state index >= 15 is 0 Å². The summed E-state index contributed by atoms with van der Waals surface area (Å²) in [5.74, 6) is 0.875. The monoisotopic (exact) mass is 444 g/mol. The molecule has 3 aromatic rings. The van der Waals surface area contributed by atoms with Crippen molar-refractivity contribution < 1.29 is 14.3 Å². The number of methoxy groups -OCH3 is 1. The maximum Gasteiger partial charge on any atom is 0.277 e. The molecule has 5 rings (SSSR count). The van der Waals surface area contributed by atoms with Gasteiger partial charge in [0.05, 0.1) is 18.5 Å². The third-order valence-corrected chi connectivity index (χ3v) is 6.55. The van der Waals surface area contributed by atoms with E-state index < -0.39 is 0 Å². The summed E-state index contributed by atoms with van der Waals surface area (Å²) in [6.45, 7) is 3.43. The molecule has 0 aliphatic carbocycles. The van der Waals surface area contributed by atoms with Crippen molar-refractivity contribution in [3.05, 3.63) is 65.5 Å². The minimum Gasteiger partial charge on any atom is -0.497 e. The highest BCUT2D eigenvalue weighted by Gasteiger charge is 2.33. The highest BCUT2D eigenvalue weighted by molar-refractivity contribution is 6.07. The Balaban J connectivity index is 1.46. The number of rotatable bonds is 5. The number of piperidine rings is 1. The highest BCUT2D eigenvalue weighted by Crippen LogP contribution is 2.31. The molecular weight excluding hydrogens is 416 g/mol. The molecule has 2 aromatic carbocycles. The van der Waals surface area contributed by atoms with Crippen LogP contribution in [0.2, 0.25) is 0 Å². The molecule has 7 heteroatoms. The normalized spacial score (nSPS) is 16.2. The molecule has 0 N–H and O–H groups in total. The van der Waals surface area contributed by atoms with E-state index in [-0.39, 0.29) is 11.8 Å². The maximum absolute atomic E-state index is 13.7. The molecule has 33 heavy (non-hydrogen) atoms. The molecule has 0 atom stereocenters. The lowest BCUT2D eigenvalue weighted by atomic mass is 10.0. The quantitative estimate of drug-likeness (QED) is 0.593. The fourth-order valence-electron chi connectivity index (χ4n) is 4.76. The van der Waals surface area contributed by atoms with Crippen molar-refractivity contribution >= 4 is 23.2 Å². The average Bonchev–Trinajstić information content (AvgIpc) is 3.24. The van der Waals surface area contributed by atoms with Gasteiger partial charge in [-0.1, -0.05) is 6.92 Å². The van der Waals surface area contributed by atoms with E-state index in [1.54, 1.807) is 11.8 Å². The SMILES string of the molecule is CCc1nn(-c2ccc(OC)cc2)c2c1CCN(c1ccc(N3CCCCC3=O)cc1)C2=O. The first kappa shape index (κ1) is 21.2. The van der Waals surface area contributed by atoms with Gasteiger partial charge in [0, 0.05) is 36.4 Å². The second kappa shape index (κ2) is 8.73. The molecule has 0 unspecified atom stereocenters. The van der Waals surface area contributed by atoms with Gasteiger partial charge < -0.3 is 14.5 Å². The molecule has 2 amide bonds. The Hall–Kier alpha value is -3.61. The lowest BCUT2D eigenvalue weighted by Crippen LogP contribution is -2.39. The van der Waals surface area contributed by atoms with Crippen molar-refractivity contribution in [1.82, 2.24) is 9.78 Å². The van der Waals surface area contributed by atoms with Gasteiger partial charge in [0.2, 0.25) is 5.91 Å². The Kier molecular flexibility index (Phi) is 5.62. The largest absolute Gasteiger partial charge is 0.497 e. The van der Waals surface area contributed by atoms with Gasteiger partial charge in [-0.05, 0) is 74.2 Å². The van der Waals surface area contributed by atoms with Crippen LogP contribution in [0.4, 0.5) is 11.4 Å². The number of fused-ring (bicyclic) bond motifs is 1. The molecule has 2 aliphatic heterocycles. The van der Waals surface area contributed by atoms with E-state index in [1.807, 2.05) is 58.3 Å². The number of anilines is 2. The molecule has 7 nitrogen and oxygen atoms in total. The lowest BCUT2D eigenvalue weighted by molar-refractivity contribution is -0.119. The second-order valence-corrected chi connectivity index (χ2v) is 8.46. The third-order valence-electron chi connectivity index (χ3n) is 6.55. The number of carbonyl (C=O) groups is 2. The van der Waals surface area contributed by atoms with Gasteiger partial charge >= 0.3 is 0 Å². The van der Waals surface area contributed by atoms with Crippen molar-refractivity contribution in [1.29, 1.82) is 0 Å². The zero-order chi connectivity index (χ0) is 22.9. The maximum atomic E-state index is 13.7. The van der Waals surface area contributed by atoms with Crippen molar-refractivity contribution in [2.24, 2.45) is 0 Å². The first-order valence-corrected chi connectivity index (χ1v) is 11.6. The number of ether oxygens (including phenoxy) is 1. The number of hydrogen-bond donors (Lipinski definition) is 0. The summed E-state index contributed by atoms with van der Waals surface area (Å²) in [5.41, 5.74) is 5.18. The average molecular weight is 445 g/mol. The van der Waals surface area contributed by atoms with E-state index in [0.717, 1.165) is 66.3 Å². The van der Waals surface area contributed by atoms with E-state index in [0.29, 0.717) is 18.7 Å². The van der Waals surface area contributed by atoms with Gasteiger partial charge in [-0.15, -0.1) is 0 Å². The minimum atomic E-state index is -0.0546. The molecule has 0 radical (unpaired) electrons. The molecule has 2 aliphatic rings. The summed E-state index contributed by atoms with van der Waals surface area (Å²) < 4.78 is 7.04. The van der Waals surface area contributed by atoms with Crippen molar-refractivity contribution in [2.45, 2.75) is 39.0 Å². The van der Waals surface area contributed by atoms with Gasteiger partial charge in [-0.3, -0.25) is 9.59 Å². The molecule has 170 valence electrons. The van der Waals surface area contributed by atoms with E-state index in [9.17, 15) is 9.59 Å². The molecule has 0 bridgehead atoms. The lowest BCUT2D eigenvalue weighted by Gasteiger charge is -2.30. The Bertz CT molecular complexity index is 1180. The van der Waals surface area contributed by atoms with Gasteiger partial charge in [0.15, 0.2) is 0 Å². The fourth-order valence-corrected chi connectivity index (χ4v) is 4.76. The van der Waals surface area contributed by atoms with E-state index in [2.05, 4.69) is 6.92 Å². The summed E-state index contributed by atoms with van der Waals surface area (Å²) >= 11 is 0. The molecule has 3 heterocycles. The smallest absolute Gasteiger partial charge is 0.277 e. The molecular formula is C26H28N4O3. The van der Waals surface area contributed by atoms with Crippen LogP contribution < -0.4 is 14.5 Å². The Morgan fingerprint density at radius 3 is 2.15 bits per heavy atom. The summed E-state index contributed by atoms with van der Waals surface area (Å²) in [6, 6.07) is 15.4. The van der Waals surface area contributed by atoms with Crippen LogP contribution in [0.1, 0.15) is 47.9 Å². The van der Waals surface area contributed by atoms with E-state index in [4.69, 9.17) is 9.84 Å². The number of benzene rings is 2. The molecule has 0 saturated carbocycles. The Morgan fingerprint density at radius 2 is 1.52 bits per heavy atom.